The highest BCUT2D eigenvalue weighted by Gasteiger charge is 2.15. The summed E-state index contributed by atoms with van der Waals surface area (Å²) >= 11 is 0. The average Bonchev–Trinajstić information content (AvgIpc) is 3.30. The number of amides is 2. The van der Waals surface area contributed by atoms with Gasteiger partial charge >= 0.3 is 11.8 Å². The molecule has 0 unspecified atom stereocenters. The first kappa shape index (κ1) is 21.3. The lowest BCUT2D eigenvalue weighted by Gasteiger charge is -2.00. The molecule has 0 aliphatic carbocycles. The van der Waals surface area contributed by atoms with Gasteiger partial charge in [-0.3, -0.25) is 9.59 Å². The van der Waals surface area contributed by atoms with Crippen LogP contribution in [0.25, 0.3) is 0 Å². The maximum absolute atomic E-state index is 12.1. The van der Waals surface area contributed by atoms with Gasteiger partial charge in [0, 0.05) is 0 Å². The summed E-state index contributed by atoms with van der Waals surface area (Å²) < 4.78 is 15.4. The molecule has 0 aliphatic rings. The monoisotopic (exact) mass is 420 g/mol. The number of methoxy groups -OCH3 is 2. The molecule has 9 heteroatoms. The quantitative estimate of drug-likeness (QED) is 0.430. The van der Waals surface area contributed by atoms with E-state index in [4.69, 9.17) is 13.9 Å². The van der Waals surface area contributed by atoms with Gasteiger partial charge in [0.1, 0.15) is 11.5 Å². The Labute approximate surface area is 178 Å². The maximum atomic E-state index is 12.1. The van der Waals surface area contributed by atoms with Crippen molar-refractivity contribution in [2.75, 3.05) is 14.2 Å². The Hall–Kier alpha value is -4.40. The van der Waals surface area contributed by atoms with Crippen LogP contribution in [0.3, 0.4) is 0 Å². The Morgan fingerprint density at radius 1 is 0.710 bits per heavy atom. The van der Waals surface area contributed by atoms with Crippen LogP contribution in [0.1, 0.15) is 32.2 Å². The van der Waals surface area contributed by atoms with E-state index in [1.165, 1.54) is 24.6 Å². The van der Waals surface area contributed by atoms with Crippen LogP contribution in [0.5, 0.6) is 11.5 Å². The van der Waals surface area contributed by atoms with Gasteiger partial charge in [-0.15, -0.1) is 0 Å². The minimum absolute atomic E-state index is 0.0591. The maximum Gasteiger partial charge on any atom is 0.307 e. The SMILES string of the molecule is COc1ccc(/C=N\NC(=O)c2ccc(C(=O)N/N=C\c3ccc(OC)cc3)o2)cc1. The molecule has 3 rings (SSSR count). The lowest BCUT2D eigenvalue weighted by atomic mass is 10.2. The summed E-state index contributed by atoms with van der Waals surface area (Å²) in [6, 6.07) is 17.0. The summed E-state index contributed by atoms with van der Waals surface area (Å²) in [6.07, 6.45) is 2.95. The highest BCUT2D eigenvalue weighted by Crippen LogP contribution is 2.11. The molecule has 1 aromatic heterocycles. The lowest BCUT2D eigenvalue weighted by Crippen LogP contribution is -2.18. The van der Waals surface area contributed by atoms with E-state index < -0.39 is 11.8 Å². The van der Waals surface area contributed by atoms with Crippen LogP contribution >= 0.6 is 0 Å². The van der Waals surface area contributed by atoms with Crippen LogP contribution in [0.15, 0.2) is 75.3 Å². The highest BCUT2D eigenvalue weighted by atomic mass is 16.5. The van der Waals surface area contributed by atoms with Gasteiger partial charge in [0.15, 0.2) is 11.5 Å². The summed E-state index contributed by atoms with van der Waals surface area (Å²) in [5, 5.41) is 7.73. The van der Waals surface area contributed by atoms with Gasteiger partial charge in [-0.25, -0.2) is 10.9 Å². The van der Waals surface area contributed by atoms with Gasteiger partial charge in [-0.2, -0.15) is 10.2 Å². The van der Waals surface area contributed by atoms with Crippen molar-refractivity contribution in [1.82, 2.24) is 10.9 Å². The van der Waals surface area contributed by atoms with Crippen molar-refractivity contribution >= 4 is 24.2 Å². The summed E-state index contributed by atoms with van der Waals surface area (Å²) in [4.78, 5) is 24.2. The minimum Gasteiger partial charge on any atom is -0.497 e. The number of carbonyl (C=O) groups excluding carboxylic acids is 2. The molecule has 2 N–H and O–H groups in total. The molecule has 3 aromatic rings. The molecular weight excluding hydrogens is 400 g/mol. The van der Waals surface area contributed by atoms with Crippen LogP contribution in [-0.2, 0) is 0 Å². The van der Waals surface area contributed by atoms with Gasteiger partial charge in [-0.1, -0.05) is 0 Å². The topological polar surface area (TPSA) is 115 Å². The van der Waals surface area contributed by atoms with Gasteiger partial charge in [0.25, 0.3) is 0 Å². The summed E-state index contributed by atoms with van der Waals surface area (Å²) in [7, 11) is 3.16. The molecule has 2 aromatic carbocycles. The van der Waals surface area contributed by atoms with Crippen molar-refractivity contribution < 1.29 is 23.5 Å². The number of hydrogen-bond acceptors (Lipinski definition) is 7. The third-order valence-corrected chi connectivity index (χ3v) is 4.04. The van der Waals surface area contributed by atoms with E-state index in [9.17, 15) is 9.59 Å². The van der Waals surface area contributed by atoms with Gasteiger partial charge < -0.3 is 13.9 Å². The van der Waals surface area contributed by atoms with Crippen molar-refractivity contribution in [2.45, 2.75) is 0 Å². The Morgan fingerprint density at radius 3 is 1.45 bits per heavy atom. The molecule has 0 aliphatic heterocycles. The van der Waals surface area contributed by atoms with Crippen LogP contribution < -0.4 is 20.3 Å². The number of rotatable bonds is 8. The highest BCUT2D eigenvalue weighted by molar-refractivity contribution is 5.96. The number of furan rings is 1. The number of nitrogens with zero attached hydrogens (tertiary/aromatic N) is 2. The zero-order valence-corrected chi connectivity index (χ0v) is 16.9. The summed E-state index contributed by atoms with van der Waals surface area (Å²) in [5.74, 6) is 0.134. The van der Waals surface area contributed by atoms with E-state index in [0.717, 1.165) is 22.6 Å². The smallest absolute Gasteiger partial charge is 0.307 e. The molecule has 2 amide bonds. The van der Waals surface area contributed by atoms with Crippen LogP contribution in [0.4, 0.5) is 0 Å². The third kappa shape index (κ3) is 6.04. The first-order valence-corrected chi connectivity index (χ1v) is 9.14. The molecule has 9 nitrogen and oxygen atoms in total. The summed E-state index contributed by atoms with van der Waals surface area (Å²) in [5.41, 5.74) is 6.22. The Kier molecular flexibility index (Phi) is 7.15. The Bertz CT molecular complexity index is 1000. The molecule has 0 saturated carbocycles. The van der Waals surface area contributed by atoms with Crippen molar-refractivity contribution in [1.29, 1.82) is 0 Å². The summed E-state index contributed by atoms with van der Waals surface area (Å²) in [6.45, 7) is 0. The van der Waals surface area contributed by atoms with E-state index in [-0.39, 0.29) is 11.5 Å². The Balaban J connectivity index is 1.51. The van der Waals surface area contributed by atoms with E-state index in [1.54, 1.807) is 62.8 Å². The largest absolute Gasteiger partial charge is 0.497 e. The van der Waals surface area contributed by atoms with Gasteiger partial charge in [0.2, 0.25) is 0 Å². The number of nitrogens with one attached hydrogen (secondary N) is 2. The molecule has 0 fully saturated rings. The van der Waals surface area contributed by atoms with Crippen molar-refractivity contribution in [3.8, 4) is 11.5 Å². The van der Waals surface area contributed by atoms with Crippen molar-refractivity contribution in [3.63, 3.8) is 0 Å². The molecule has 1 heterocycles. The molecular formula is C22H20N4O5. The molecule has 0 saturated heterocycles. The van der Waals surface area contributed by atoms with Crippen LogP contribution in [0, 0.1) is 0 Å². The van der Waals surface area contributed by atoms with Gasteiger partial charge in [-0.05, 0) is 71.8 Å². The van der Waals surface area contributed by atoms with Crippen LogP contribution in [-0.4, -0.2) is 38.5 Å². The normalized spacial score (nSPS) is 10.9. The van der Waals surface area contributed by atoms with Crippen LogP contribution in [0.2, 0.25) is 0 Å². The molecule has 0 radical (unpaired) electrons. The van der Waals surface area contributed by atoms with E-state index in [0.29, 0.717) is 0 Å². The fraction of sp³-hybridized carbons (Fsp3) is 0.0909. The number of benzene rings is 2. The molecule has 0 spiro atoms. The van der Waals surface area contributed by atoms with E-state index in [2.05, 4.69) is 21.1 Å². The molecule has 31 heavy (non-hydrogen) atoms. The zero-order chi connectivity index (χ0) is 22.1. The lowest BCUT2D eigenvalue weighted by molar-refractivity contribution is 0.0902. The van der Waals surface area contributed by atoms with E-state index >= 15 is 0 Å². The second-order valence-electron chi connectivity index (χ2n) is 6.11. The van der Waals surface area contributed by atoms with E-state index in [1.807, 2.05) is 0 Å². The van der Waals surface area contributed by atoms with Crippen molar-refractivity contribution in [2.24, 2.45) is 10.2 Å². The Morgan fingerprint density at radius 2 is 1.10 bits per heavy atom. The number of hydrazone groups is 2. The van der Waals surface area contributed by atoms with Gasteiger partial charge in [0.05, 0.1) is 26.6 Å². The molecule has 0 bridgehead atoms. The first-order chi connectivity index (χ1) is 15.1. The fourth-order valence-electron chi connectivity index (χ4n) is 2.40. The standard InChI is InChI=1S/C22H20N4O5/c1-29-17-7-3-15(4-8-17)13-23-25-21(27)19-11-12-20(31-19)22(28)26-24-14-16-5-9-18(30-2)10-6-16/h3-14H,1-2H3,(H,25,27)(H,26,28)/b23-13-,24-14-. The fourth-order valence-corrected chi connectivity index (χ4v) is 2.40. The van der Waals surface area contributed by atoms with Crippen molar-refractivity contribution in [3.05, 3.63) is 83.3 Å². The second-order valence-corrected chi connectivity index (χ2v) is 6.11. The second kappa shape index (κ2) is 10.4. The predicted octanol–water partition coefficient (Wildman–Crippen LogP) is 2.82. The molecule has 0 atom stereocenters. The average molecular weight is 420 g/mol. The zero-order valence-electron chi connectivity index (χ0n) is 16.9. The minimum atomic E-state index is -0.592. The number of ether oxygens (including phenoxy) is 2. The third-order valence-electron chi connectivity index (χ3n) is 4.04. The first-order valence-electron chi connectivity index (χ1n) is 9.14. The number of carbonyl (C=O) groups is 2. The predicted molar refractivity (Wildman–Crippen MR) is 115 cm³/mol. The molecule has 158 valence electrons. The number of hydrogen-bond donors (Lipinski definition) is 2.